The average molecular weight is 311 g/mol. The second kappa shape index (κ2) is 10.1. The Kier molecular flexibility index (Phi) is 8.34. The van der Waals surface area contributed by atoms with Gasteiger partial charge in [-0.25, -0.2) is 11.6 Å². The Morgan fingerprint density at radius 2 is 1.67 bits per heavy atom. The first-order valence-electron chi connectivity index (χ1n) is 6.69. The zero-order valence-corrected chi connectivity index (χ0v) is 13.8. The van der Waals surface area contributed by atoms with Crippen LogP contribution in [-0.2, 0) is 20.0 Å². The van der Waals surface area contributed by atoms with E-state index < -0.39 is 0 Å². The van der Waals surface area contributed by atoms with Gasteiger partial charge in [0.15, 0.2) is 0 Å². The molecule has 0 aromatic heterocycles. The number of benzene rings is 2. The summed E-state index contributed by atoms with van der Waals surface area (Å²) in [5, 5.41) is 9.27. The quantitative estimate of drug-likeness (QED) is 0.597. The van der Waals surface area contributed by atoms with Crippen molar-refractivity contribution in [3.63, 3.8) is 0 Å². The first-order chi connectivity index (χ1) is 10.3. The van der Waals surface area contributed by atoms with E-state index >= 15 is 0 Å². The first-order valence-corrected chi connectivity index (χ1v) is 7.80. The third-order valence-corrected chi connectivity index (χ3v) is 2.82. The molecular weight excluding hydrogens is 292 g/mol. The van der Waals surface area contributed by atoms with Crippen molar-refractivity contribution in [2.24, 2.45) is 0 Å². The van der Waals surface area contributed by atoms with Gasteiger partial charge in [0.1, 0.15) is 5.75 Å². The van der Waals surface area contributed by atoms with Crippen LogP contribution >= 0.6 is 0 Å². The minimum absolute atomic E-state index is 0.307. The van der Waals surface area contributed by atoms with E-state index in [2.05, 4.69) is 30.0 Å². The molecule has 0 saturated heterocycles. The third kappa shape index (κ3) is 6.53. The summed E-state index contributed by atoms with van der Waals surface area (Å²) in [6.45, 7) is 2.06. The summed E-state index contributed by atoms with van der Waals surface area (Å²) in [6, 6.07) is 17.3. The van der Waals surface area contributed by atoms with Crippen molar-refractivity contribution < 1.29 is 25.1 Å². The molecule has 21 heavy (non-hydrogen) atoms. The molecule has 0 saturated carbocycles. The molecule has 1 N–H and O–H groups in total. The van der Waals surface area contributed by atoms with Crippen LogP contribution in [-0.4, -0.2) is 9.92 Å². The summed E-state index contributed by atoms with van der Waals surface area (Å²) in [5.41, 5.74) is 3.44. The van der Waals surface area contributed by atoms with Crippen molar-refractivity contribution in [1.29, 1.82) is 0 Å². The van der Waals surface area contributed by atoms with Gasteiger partial charge in [0.2, 0.25) is 0 Å². The molecular formula is C19H19OTi. The molecule has 0 fully saturated rings. The molecule has 2 aromatic carbocycles. The van der Waals surface area contributed by atoms with E-state index in [1.807, 2.05) is 42.5 Å². The first kappa shape index (κ1) is 17.4. The summed E-state index contributed by atoms with van der Waals surface area (Å²) in [7, 11) is 0. The Balaban J connectivity index is 0.000000231. The van der Waals surface area contributed by atoms with Gasteiger partial charge in [-0.15, -0.1) is 6.42 Å². The maximum absolute atomic E-state index is 9.27. The van der Waals surface area contributed by atoms with Crippen LogP contribution in [0.1, 0.15) is 13.3 Å². The van der Waals surface area contributed by atoms with Crippen LogP contribution in [0.3, 0.4) is 0 Å². The Morgan fingerprint density at radius 3 is 2.14 bits per heavy atom. The minimum atomic E-state index is 0.307. The number of allylic oxidation sites excluding steroid dienone is 4. The van der Waals surface area contributed by atoms with E-state index in [1.54, 1.807) is 32.1 Å². The molecule has 0 radical (unpaired) electrons. The summed E-state index contributed by atoms with van der Waals surface area (Å²) >= 11 is 1.75. The van der Waals surface area contributed by atoms with Crippen molar-refractivity contribution >= 4 is 4.82 Å². The molecule has 0 amide bonds. The van der Waals surface area contributed by atoms with E-state index in [1.165, 1.54) is 5.57 Å². The molecule has 0 aliphatic heterocycles. The Labute approximate surface area is 138 Å². The molecule has 0 spiro atoms. The maximum atomic E-state index is 9.27. The van der Waals surface area contributed by atoms with E-state index in [-0.39, 0.29) is 0 Å². The SMILES string of the molecule is CC1=[C-]CC=C1.Oc1cccc(-c2ccccc2)c1.[CH2]=[Ti+]. The Hall–Kier alpha value is -1.70. The van der Waals surface area contributed by atoms with Crippen molar-refractivity contribution in [2.45, 2.75) is 13.3 Å². The van der Waals surface area contributed by atoms with Gasteiger partial charge >= 0.3 is 24.8 Å². The molecule has 2 heteroatoms. The second-order valence-electron chi connectivity index (χ2n) is 4.38. The number of hydrogen-bond donors (Lipinski definition) is 1. The topological polar surface area (TPSA) is 20.2 Å². The standard InChI is InChI=1S/C12H10O.C6H7.CH2.Ti/c13-12-8-4-7-11(9-12)10-5-2-1-3-6-10;1-6-4-2-3-5-6;;/h1-9,13H;2,4H,3H2,1H3;1H2;/q;-1;;+1. The van der Waals surface area contributed by atoms with E-state index in [9.17, 15) is 5.11 Å². The van der Waals surface area contributed by atoms with Gasteiger partial charge in [-0.1, -0.05) is 49.4 Å². The zero-order chi connectivity index (χ0) is 15.5. The monoisotopic (exact) mass is 311 g/mol. The molecule has 1 aliphatic rings. The van der Waals surface area contributed by atoms with Crippen LogP contribution in [0.25, 0.3) is 11.1 Å². The van der Waals surface area contributed by atoms with Gasteiger partial charge in [0.05, 0.1) is 0 Å². The fraction of sp³-hybridized carbons (Fsp3) is 0.105. The van der Waals surface area contributed by atoms with Crippen molar-refractivity contribution in [1.82, 2.24) is 0 Å². The Bertz CT molecular complexity index is 597. The van der Waals surface area contributed by atoms with Gasteiger partial charge < -0.3 is 5.11 Å². The van der Waals surface area contributed by atoms with Gasteiger partial charge in [-0.05, 0) is 23.3 Å². The van der Waals surface area contributed by atoms with Crippen LogP contribution in [0.2, 0.25) is 0 Å². The molecule has 0 unspecified atom stereocenters. The van der Waals surface area contributed by atoms with Gasteiger partial charge in [-0.3, -0.25) is 6.08 Å². The van der Waals surface area contributed by atoms with Gasteiger partial charge in [0, 0.05) is 0 Å². The molecule has 3 rings (SSSR count). The number of rotatable bonds is 1. The summed E-state index contributed by atoms with van der Waals surface area (Å²) in [6.07, 6.45) is 8.33. The van der Waals surface area contributed by atoms with Gasteiger partial charge in [-0.2, -0.15) is 6.08 Å². The van der Waals surface area contributed by atoms with Crippen LogP contribution < -0.4 is 0 Å². The molecule has 0 bridgehead atoms. The van der Waals surface area contributed by atoms with Crippen molar-refractivity contribution in [3.8, 4) is 16.9 Å². The molecule has 105 valence electrons. The summed E-state index contributed by atoms with van der Waals surface area (Å²) < 4.78 is 0. The van der Waals surface area contributed by atoms with E-state index in [0.29, 0.717) is 5.75 Å². The van der Waals surface area contributed by atoms with Crippen LogP contribution in [0, 0.1) is 6.08 Å². The fourth-order valence-corrected chi connectivity index (χ4v) is 1.83. The van der Waals surface area contributed by atoms with E-state index in [0.717, 1.165) is 17.5 Å². The second-order valence-corrected chi connectivity index (χ2v) is 4.38. The molecule has 0 atom stereocenters. The number of phenols is 1. The van der Waals surface area contributed by atoms with Crippen molar-refractivity contribution in [2.75, 3.05) is 0 Å². The fourth-order valence-electron chi connectivity index (χ4n) is 1.83. The number of aromatic hydroxyl groups is 1. The Morgan fingerprint density at radius 1 is 1.00 bits per heavy atom. The zero-order valence-electron chi connectivity index (χ0n) is 12.2. The predicted octanol–water partition coefficient (Wildman–Crippen LogP) is 4.72. The molecule has 1 nitrogen and oxygen atoms in total. The van der Waals surface area contributed by atoms with Crippen molar-refractivity contribution in [3.05, 3.63) is 78.4 Å². The van der Waals surface area contributed by atoms with E-state index in [4.69, 9.17) is 0 Å². The van der Waals surface area contributed by atoms with Crippen LogP contribution in [0.4, 0.5) is 0 Å². The summed E-state index contributed by atoms with van der Waals surface area (Å²) in [5.74, 6) is 0.307. The normalized spacial score (nSPS) is 11.7. The predicted molar refractivity (Wildman–Crippen MR) is 86.9 cm³/mol. The summed E-state index contributed by atoms with van der Waals surface area (Å²) in [4.78, 5) is 3.25. The third-order valence-electron chi connectivity index (χ3n) is 2.82. The van der Waals surface area contributed by atoms with Crippen LogP contribution in [0.15, 0.2) is 72.3 Å². The average Bonchev–Trinajstić information content (AvgIpc) is 3.02. The van der Waals surface area contributed by atoms with Gasteiger partial charge in [0.25, 0.3) is 0 Å². The molecule has 2 aromatic rings. The van der Waals surface area contributed by atoms with Crippen LogP contribution in [0.5, 0.6) is 5.75 Å². The number of phenolic OH excluding ortho intramolecular Hbond substituents is 1. The molecule has 0 heterocycles. The molecule has 1 aliphatic carbocycles. The number of hydrogen-bond acceptors (Lipinski definition) is 1.